The summed E-state index contributed by atoms with van der Waals surface area (Å²) in [6.07, 6.45) is 1.86. The quantitative estimate of drug-likeness (QED) is 0.559. The van der Waals surface area contributed by atoms with E-state index in [-0.39, 0.29) is 5.82 Å². The van der Waals surface area contributed by atoms with E-state index in [0.29, 0.717) is 5.52 Å². The van der Waals surface area contributed by atoms with Gasteiger partial charge in [-0.3, -0.25) is 4.68 Å². The van der Waals surface area contributed by atoms with Crippen LogP contribution in [0.1, 0.15) is 0 Å². The van der Waals surface area contributed by atoms with Crippen LogP contribution in [0.2, 0.25) is 0 Å². The van der Waals surface area contributed by atoms with E-state index >= 15 is 0 Å². The topological polar surface area (TPSA) is 17.8 Å². The van der Waals surface area contributed by atoms with Crippen LogP contribution < -0.4 is 0 Å². The van der Waals surface area contributed by atoms with Gasteiger partial charge in [0.25, 0.3) is 0 Å². The number of fused-ring (bicyclic) bond motifs is 1. The molecule has 0 fully saturated rings. The number of hydrogen-bond acceptors (Lipinski definition) is 1. The monoisotopic (exact) mass is 150 g/mol. The molecule has 0 unspecified atom stereocenters. The number of nitrogens with zero attached hydrogens (tertiary/aromatic N) is 2. The Balaban J connectivity index is 2.82. The lowest BCUT2D eigenvalue weighted by Crippen LogP contribution is -1.84. The zero-order valence-corrected chi connectivity index (χ0v) is 6.08. The van der Waals surface area contributed by atoms with E-state index in [9.17, 15) is 4.39 Å². The first-order chi connectivity index (χ1) is 5.25. The summed E-state index contributed by atoms with van der Waals surface area (Å²) in [5.74, 6) is -0.240. The normalized spacial score (nSPS) is 10.7. The number of aryl methyl sites for hydroxylation is 1. The molecule has 56 valence electrons. The Morgan fingerprint density at radius 2 is 2.27 bits per heavy atom. The van der Waals surface area contributed by atoms with Crippen LogP contribution >= 0.6 is 0 Å². The molecule has 2 aromatic rings. The van der Waals surface area contributed by atoms with Crippen molar-refractivity contribution >= 4 is 10.9 Å². The summed E-state index contributed by atoms with van der Waals surface area (Å²) in [5.41, 5.74) is 0.701. The number of halogens is 1. The lowest BCUT2D eigenvalue weighted by molar-refractivity contribution is 0.629. The van der Waals surface area contributed by atoms with Gasteiger partial charge in [0.15, 0.2) is 0 Å². The number of hydrogen-bond donors (Lipinski definition) is 0. The molecule has 2 rings (SSSR count). The predicted octanol–water partition coefficient (Wildman–Crippen LogP) is 1.71. The van der Waals surface area contributed by atoms with Gasteiger partial charge in [-0.05, 0) is 12.1 Å². The second kappa shape index (κ2) is 2.05. The van der Waals surface area contributed by atoms with Crippen LogP contribution in [0.3, 0.4) is 0 Å². The molecule has 0 radical (unpaired) electrons. The first kappa shape index (κ1) is 6.34. The zero-order valence-electron chi connectivity index (χ0n) is 6.08. The summed E-state index contributed by atoms with van der Waals surface area (Å²) in [6, 6.07) is 4.58. The minimum Gasteiger partial charge on any atom is -0.275 e. The van der Waals surface area contributed by atoms with Gasteiger partial charge in [-0.25, -0.2) is 4.39 Å². The molecule has 0 amide bonds. The predicted molar refractivity (Wildman–Crippen MR) is 40.7 cm³/mol. The SMILES string of the molecule is Cn1cc2ccc(F)cc2n1. The molecule has 0 N–H and O–H groups in total. The second-order valence-electron chi connectivity index (χ2n) is 2.51. The highest BCUT2D eigenvalue weighted by atomic mass is 19.1. The molecule has 0 aliphatic rings. The van der Waals surface area contributed by atoms with Crippen LogP contribution in [-0.4, -0.2) is 9.78 Å². The second-order valence-corrected chi connectivity index (χ2v) is 2.51. The molecule has 0 atom stereocenters. The van der Waals surface area contributed by atoms with Crippen molar-refractivity contribution in [2.24, 2.45) is 7.05 Å². The summed E-state index contributed by atoms with van der Waals surface area (Å²) in [6.45, 7) is 0. The van der Waals surface area contributed by atoms with Crippen molar-refractivity contribution in [2.75, 3.05) is 0 Å². The van der Waals surface area contributed by atoms with Gasteiger partial charge in [0.2, 0.25) is 0 Å². The largest absolute Gasteiger partial charge is 0.275 e. The van der Waals surface area contributed by atoms with Crippen LogP contribution in [0.4, 0.5) is 4.39 Å². The van der Waals surface area contributed by atoms with Gasteiger partial charge in [0.1, 0.15) is 5.82 Å². The molecule has 3 heteroatoms. The third-order valence-electron chi connectivity index (χ3n) is 1.58. The average molecular weight is 150 g/mol. The number of benzene rings is 1. The minimum atomic E-state index is -0.240. The Morgan fingerprint density at radius 3 is 3.09 bits per heavy atom. The van der Waals surface area contributed by atoms with Crippen LogP contribution in [0, 0.1) is 5.82 Å². The summed E-state index contributed by atoms with van der Waals surface area (Å²) >= 11 is 0. The van der Waals surface area contributed by atoms with Crippen LogP contribution in [0.15, 0.2) is 24.4 Å². The van der Waals surface area contributed by atoms with Crippen LogP contribution in [0.25, 0.3) is 10.9 Å². The molecule has 0 aliphatic carbocycles. The zero-order chi connectivity index (χ0) is 7.84. The van der Waals surface area contributed by atoms with Gasteiger partial charge < -0.3 is 0 Å². The summed E-state index contributed by atoms with van der Waals surface area (Å²) < 4.78 is 14.3. The molecular weight excluding hydrogens is 143 g/mol. The van der Waals surface area contributed by atoms with E-state index in [4.69, 9.17) is 0 Å². The molecule has 0 saturated carbocycles. The smallest absolute Gasteiger partial charge is 0.125 e. The Kier molecular flexibility index (Phi) is 1.18. The molecule has 1 aromatic heterocycles. The summed E-state index contributed by atoms with van der Waals surface area (Å²) in [7, 11) is 1.82. The Hall–Kier alpha value is -1.38. The van der Waals surface area contributed by atoms with Crippen molar-refractivity contribution in [3.63, 3.8) is 0 Å². The van der Waals surface area contributed by atoms with E-state index in [1.54, 1.807) is 10.7 Å². The minimum absolute atomic E-state index is 0.240. The van der Waals surface area contributed by atoms with Crippen molar-refractivity contribution in [3.8, 4) is 0 Å². The fraction of sp³-hybridized carbons (Fsp3) is 0.125. The highest BCUT2D eigenvalue weighted by molar-refractivity contribution is 5.77. The lowest BCUT2D eigenvalue weighted by Gasteiger charge is -1.85. The molecule has 0 saturated heterocycles. The van der Waals surface area contributed by atoms with E-state index in [1.165, 1.54) is 12.1 Å². The summed E-state index contributed by atoms with van der Waals surface area (Å²) in [4.78, 5) is 0. The fourth-order valence-corrected chi connectivity index (χ4v) is 1.11. The van der Waals surface area contributed by atoms with Gasteiger partial charge in [-0.15, -0.1) is 0 Å². The van der Waals surface area contributed by atoms with Crippen LogP contribution in [0.5, 0.6) is 0 Å². The molecule has 1 aromatic carbocycles. The highest BCUT2D eigenvalue weighted by Gasteiger charge is 1.97. The highest BCUT2D eigenvalue weighted by Crippen LogP contribution is 2.12. The van der Waals surface area contributed by atoms with Gasteiger partial charge >= 0.3 is 0 Å². The molecule has 0 aliphatic heterocycles. The Morgan fingerprint density at radius 1 is 1.45 bits per heavy atom. The molecule has 1 heterocycles. The maximum absolute atomic E-state index is 12.6. The molecule has 0 bridgehead atoms. The van der Waals surface area contributed by atoms with E-state index < -0.39 is 0 Å². The van der Waals surface area contributed by atoms with Gasteiger partial charge in [0, 0.05) is 24.7 Å². The van der Waals surface area contributed by atoms with Crippen molar-refractivity contribution in [1.29, 1.82) is 0 Å². The molecule has 2 nitrogen and oxygen atoms in total. The van der Waals surface area contributed by atoms with Crippen molar-refractivity contribution in [1.82, 2.24) is 9.78 Å². The third kappa shape index (κ3) is 0.981. The maximum Gasteiger partial charge on any atom is 0.125 e. The first-order valence-corrected chi connectivity index (χ1v) is 3.34. The first-order valence-electron chi connectivity index (χ1n) is 3.34. The Bertz CT molecular complexity index is 392. The van der Waals surface area contributed by atoms with Crippen molar-refractivity contribution < 1.29 is 4.39 Å². The molecular formula is C8H7FN2. The van der Waals surface area contributed by atoms with Gasteiger partial charge in [-0.1, -0.05) is 0 Å². The molecule has 0 spiro atoms. The number of aromatic nitrogens is 2. The van der Waals surface area contributed by atoms with Crippen LogP contribution in [-0.2, 0) is 7.05 Å². The van der Waals surface area contributed by atoms with Gasteiger partial charge in [-0.2, -0.15) is 5.10 Å². The lowest BCUT2D eigenvalue weighted by atomic mass is 10.2. The van der Waals surface area contributed by atoms with E-state index in [0.717, 1.165) is 5.39 Å². The molecule has 11 heavy (non-hydrogen) atoms. The number of rotatable bonds is 0. The summed E-state index contributed by atoms with van der Waals surface area (Å²) in [5, 5.41) is 5.02. The van der Waals surface area contributed by atoms with Crippen molar-refractivity contribution in [3.05, 3.63) is 30.2 Å². The van der Waals surface area contributed by atoms with Gasteiger partial charge in [0.05, 0.1) is 5.52 Å². The van der Waals surface area contributed by atoms with E-state index in [1.807, 2.05) is 13.2 Å². The van der Waals surface area contributed by atoms with E-state index in [2.05, 4.69) is 5.10 Å². The van der Waals surface area contributed by atoms with Crippen molar-refractivity contribution in [2.45, 2.75) is 0 Å². The maximum atomic E-state index is 12.6. The Labute approximate surface area is 63.3 Å². The fourth-order valence-electron chi connectivity index (χ4n) is 1.11. The average Bonchev–Trinajstić information content (AvgIpc) is 2.27. The standard InChI is InChI=1S/C8H7FN2/c1-11-5-6-2-3-7(9)4-8(6)10-11/h2-5H,1H3. The third-order valence-corrected chi connectivity index (χ3v) is 1.58.